The number of hydrogen-bond acceptors (Lipinski definition) is 2. The highest BCUT2D eigenvalue weighted by Gasteiger charge is 2.24. The molecule has 0 radical (unpaired) electrons. The van der Waals surface area contributed by atoms with Crippen molar-refractivity contribution < 1.29 is 9.21 Å². The van der Waals surface area contributed by atoms with Gasteiger partial charge in [0.2, 0.25) is 0 Å². The van der Waals surface area contributed by atoms with Crippen LogP contribution in [0.2, 0.25) is 0 Å². The van der Waals surface area contributed by atoms with Crippen molar-refractivity contribution >= 4 is 21.7 Å². The molecule has 1 aliphatic carbocycles. The molecule has 17 heavy (non-hydrogen) atoms. The van der Waals surface area contributed by atoms with Crippen molar-refractivity contribution in [3.8, 4) is 11.1 Å². The van der Waals surface area contributed by atoms with E-state index in [4.69, 9.17) is 4.42 Å². The Morgan fingerprint density at radius 3 is 2.94 bits per heavy atom. The third-order valence-electron chi connectivity index (χ3n) is 3.09. The second kappa shape index (κ2) is 4.15. The molecule has 1 aliphatic rings. The third-order valence-corrected chi connectivity index (χ3v) is 3.58. The number of ketones is 1. The fraction of sp³-hybridized carbons (Fsp3) is 0.214. The van der Waals surface area contributed by atoms with Crippen LogP contribution in [0.4, 0.5) is 0 Å². The second-order valence-electron chi connectivity index (χ2n) is 4.23. The molecule has 3 rings (SSSR count). The number of halogens is 1. The van der Waals surface area contributed by atoms with Gasteiger partial charge in [-0.3, -0.25) is 4.79 Å². The quantitative estimate of drug-likeness (QED) is 0.787. The van der Waals surface area contributed by atoms with Gasteiger partial charge in [-0.2, -0.15) is 0 Å². The van der Waals surface area contributed by atoms with E-state index in [1.165, 1.54) is 0 Å². The lowest BCUT2D eigenvalue weighted by Gasteiger charge is -2.10. The number of carbonyl (C=O) groups is 1. The molecular weight excluding hydrogens is 280 g/mol. The lowest BCUT2D eigenvalue weighted by atomic mass is 9.91. The summed E-state index contributed by atoms with van der Waals surface area (Å²) in [6.45, 7) is 0. The zero-order valence-electron chi connectivity index (χ0n) is 9.20. The summed E-state index contributed by atoms with van der Waals surface area (Å²) >= 11 is 3.44. The predicted octanol–water partition coefficient (Wildman–Crippen LogP) is 4.23. The van der Waals surface area contributed by atoms with Gasteiger partial charge in [-0.05, 0) is 24.1 Å². The Kier molecular flexibility index (Phi) is 2.63. The van der Waals surface area contributed by atoms with Crippen LogP contribution in [-0.2, 0) is 6.42 Å². The van der Waals surface area contributed by atoms with Gasteiger partial charge in [0.15, 0.2) is 5.78 Å². The Hall–Kier alpha value is -1.35. The van der Waals surface area contributed by atoms with E-state index in [9.17, 15) is 4.79 Å². The number of benzene rings is 1. The molecule has 2 nitrogen and oxygen atoms in total. The molecular formula is C14H11BrO2. The SMILES string of the molecule is O=C1CCCc2occ(-c3cccc(Br)c3)c21. The average molecular weight is 291 g/mol. The molecule has 0 aliphatic heterocycles. The van der Waals surface area contributed by atoms with E-state index >= 15 is 0 Å². The summed E-state index contributed by atoms with van der Waals surface area (Å²) in [5.74, 6) is 1.05. The highest BCUT2D eigenvalue weighted by atomic mass is 79.9. The van der Waals surface area contributed by atoms with Gasteiger partial charge in [-0.15, -0.1) is 0 Å². The van der Waals surface area contributed by atoms with Crippen LogP contribution >= 0.6 is 15.9 Å². The van der Waals surface area contributed by atoms with Gasteiger partial charge in [0.05, 0.1) is 11.8 Å². The molecule has 0 saturated heterocycles. The minimum atomic E-state index is 0.204. The number of aryl methyl sites for hydroxylation is 1. The fourth-order valence-electron chi connectivity index (χ4n) is 2.29. The molecule has 0 amide bonds. The zero-order chi connectivity index (χ0) is 11.8. The molecule has 1 heterocycles. The normalized spacial score (nSPS) is 14.8. The first-order valence-electron chi connectivity index (χ1n) is 5.65. The maximum atomic E-state index is 12.0. The molecule has 0 unspecified atom stereocenters. The third kappa shape index (κ3) is 1.84. The van der Waals surface area contributed by atoms with E-state index in [0.717, 1.165) is 39.8 Å². The van der Waals surface area contributed by atoms with Gasteiger partial charge in [0.25, 0.3) is 0 Å². The van der Waals surface area contributed by atoms with E-state index in [1.807, 2.05) is 24.3 Å². The first-order chi connectivity index (χ1) is 8.25. The molecule has 86 valence electrons. The van der Waals surface area contributed by atoms with Crippen molar-refractivity contribution in [3.05, 3.63) is 46.3 Å². The van der Waals surface area contributed by atoms with Crippen molar-refractivity contribution in [2.75, 3.05) is 0 Å². The molecule has 1 aromatic heterocycles. The Morgan fingerprint density at radius 1 is 1.24 bits per heavy atom. The summed E-state index contributed by atoms with van der Waals surface area (Å²) in [7, 11) is 0. The van der Waals surface area contributed by atoms with Crippen LogP contribution in [0.5, 0.6) is 0 Å². The Labute approximate surface area is 108 Å². The number of Topliss-reactive ketones (excluding diaryl/α,β-unsaturated/α-hetero) is 1. The molecule has 3 heteroatoms. The number of furan rings is 1. The van der Waals surface area contributed by atoms with Crippen molar-refractivity contribution in [3.63, 3.8) is 0 Å². The van der Waals surface area contributed by atoms with Crippen LogP contribution in [0.3, 0.4) is 0 Å². The van der Waals surface area contributed by atoms with E-state index in [-0.39, 0.29) is 5.78 Å². The summed E-state index contributed by atoms with van der Waals surface area (Å²) < 4.78 is 6.52. The number of fused-ring (bicyclic) bond motifs is 1. The van der Waals surface area contributed by atoms with Crippen LogP contribution in [0, 0.1) is 0 Å². The van der Waals surface area contributed by atoms with Gasteiger partial charge >= 0.3 is 0 Å². The first kappa shape index (κ1) is 10.8. The highest BCUT2D eigenvalue weighted by Crippen LogP contribution is 2.34. The number of carbonyl (C=O) groups excluding carboxylic acids is 1. The van der Waals surface area contributed by atoms with E-state index in [0.29, 0.717) is 6.42 Å². The molecule has 0 saturated carbocycles. The van der Waals surface area contributed by atoms with Gasteiger partial charge in [-0.25, -0.2) is 0 Å². The maximum Gasteiger partial charge on any atom is 0.167 e. The summed E-state index contributed by atoms with van der Waals surface area (Å²) in [6, 6.07) is 7.94. The second-order valence-corrected chi connectivity index (χ2v) is 5.15. The van der Waals surface area contributed by atoms with Crippen molar-refractivity contribution in [2.24, 2.45) is 0 Å². The fourth-order valence-corrected chi connectivity index (χ4v) is 2.69. The van der Waals surface area contributed by atoms with Gasteiger partial charge < -0.3 is 4.42 Å². The van der Waals surface area contributed by atoms with Crippen molar-refractivity contribution in [1.82, 2.24) is 0 Å². The first-order valence-corrected chi connectivity index (χ1v) is 6.44. The average Bonchev–Trinajstić information content (AvgIpc) is 2.74. The Balaban J connectivity index is 2.16. The van der Waals surface area contributed by atoms with Crippen molar-refractivity contribution in [2.45, 2.75) is 19.3 Å². The van der Waals surface area contributed by atoms with Gasteiger partial charge in [0, 0.05) is 22.9 Å². The van der Waals surface area contributed by atoms with Crippen LogP contribution in [0.1, 0.15) is 29.0 Å². The molecule has 0 N–H and O–H groups in total. The van der Waals surface area contributed by atoms with E-state index in [2.05, 4.69) is 15.9 Å². The monoisotopic (exact) mass is 290 g/mol. The molecule has 0 spiro atoms. The van der Waals surface area contributed by atoms with Crippen LogP contribution < -0.4 is 0 Å². The lowest BCUT2D eigenvalue weighted by molar-refractivity contribution is 0.0970. The minimum absolute atomic E-state index is 0.204. The Morgan fingerprint density at radius 2 is 2.12 bits per heavy atom. The molecule has 2 aromatic rings. The zero-order valence-corrected chi connectivity index (χ0v) is 10.8. The topological polar surface area (TPSA) is 30.2 Å². The molecule has 1 aromatic carbocycles. The maximum absolute atomic E-state index is 12.0. The minimum Gasteiger partial charge on any atom is -0.468 e. The Bertz CT molecular complexity index is 584. The van der Waals surface area contributed by atoms with E-state index < -0.39 is 0 Å². The number of hydrogen-bond donors (Lipinski definition) is 0. The number of rotatable bonds is 1. The van der Waals surface area contributed by atoms with E-state index in [1.54, 1.807) is 6.26 Å². The molecule has 0 bridgehead atoms. The summed E-state index contributed by atoms with van der Waals surface area (Å²) in [5, 5.41) is 0. The summed E-state index contributed by atoms with van der Waals surface area (Å²) in [4.78, 5) is 12.0. The molecule has 0 fully saturated rings. The predicted molar refractivity (Wildman–Crippen MR) is 69.1 cm³/mol. The van der Waals surface area contributed by atoms with Crippen LogP contribution in [0.15, 0.2) is 39.4 Å². The standard InChI is InChI=1S/C14H11BrO2/c15-10-4-1-3-9(7-10)11-8-17-13-6-2-5-12(16)14(11)13/h1,3-4,7-8H,2,5-6H2. The van der Waals surface area contributed by atoms with Crippen LogP contribution in [0.25, 0.3) is 11.1 Å². The smallest absolute Gasteiger partial charge is 0.167 e. The molecule has 0 atom stereocenters. The van der Waals surface area contributed by atoms with Gasteiger partial charge in [0.1, 0.15) is 5.76 Å². The lowest BCUT2D eigenvalue weighted by Crippen LogP contribution is -2.09. The largest absolute Gasteiger partial charge is 0.468 e. The van der Waals surface area contributed by atoms with Crippen LogP contribution in [-0.4, -0.2) is 5.78 Å². The summed E-state index contributed by atoms with van der Waals surface area (Å²) in [5.41, 5.74) is 2.74. The highest BCUT2D eigenvalue weighted by molar-refractivity contribution is 9.10. The van der Waals surface area contributed by atoms with Crippen molar-refractivity contribution in [1.29, 1.82) is 0 Å². The summed E-state index contributed by atoms with van der Waals surface area (Å²) in [6.07, 6.45) is 4.11. The van der Waals surface area contributed by atoms with Gasteiger partial charge in [-0.1, -0.05) is 28.1 Å².